The Hall–Kier alpha value is -2.66. The Labute approximate surface area is 195 Å². The van der Waals surface area contributed by atoms with Crippen LogP contribution < -0.4 is 5.32 Å². The predicted octanol–water partition coefficient (Wildman–Crippen LogP) is 5.03. The number of nitrogens with zero attached hydrogens (tertiary/aromatic N) is 5. The number of hydrogen-bond donors (Lipinski definition) is 2. The lowest BCUT2D eigenvalue weighted by atomic mass is 9.94. The molecule has 0 spiro atoms. The van der Waals surface area contributed by atoms with Gasteiger partial charge in [-0.25, -0.2) is 4.68 Å². The molecule has 0 bridgehead atoms. The van der Waals surface area contributed by atoms with E-state index in [4.69, 9.17) is 12.2 Å². The Morgan fingerprint density at radius 1 is 1.18 bits per heavy atom. The molecule has 178 valence electrons. The molecular formula is C22H28F3N7S. The topological polar surface area (TPSA) is 66.7 Å². The SMILES string of the molecule is Cc1ccc([C@@H]2C[C@@H](C(F)(F)F)n3nc(-c4n[nH]c(=S)n4CCCN(C)C)cc3N2)cc1C. The van der Waals surface area contributed by atoms with Gasteiger partial charge >= 0.3 is 6.18 Å². The Kier molecular flexibility index (Phi) is 6.37. The van der Waals surface area contributed by atoms with E-state index in [0.717, 1.165) is 34.3 Å². The zero-order chi connectivity index (χ0) is 23.9. The number of benzene rings is 1. The number of hydrogen-bond acceptors (Lipinski definition) is 5. The summed E-state index contributed by atoms with van der Waals surface area (Å²) in [7, 11) is 3.96. The van der Waals surface area contributed by atoms with Crippen LogP contribution in [0.4, 0.5) is 19.0 Å². The highest BCUT2D eigenvalue weighted by molar-refractivity contribution is 7.71. The van der Waals surface area contributed by atoms with Crippen LogP contribution in [0.3, 0.4) is 0 Å². The van der Waals surface area contributed by atoms with Crippen molar-refractivity contribution in [1.82, 2.24) is 29.4 Å². The van der Waals surface area contributed by atoms with Crippen LogP contribution in [0.2, 0.25) is 0 Å². The summed E-state index contributed by atoms with van der Waals surface area (Å²) in [5.74, 6) is 0.752. The molecule has 0 saturated carbocycles. The molecule has 0 unspecified atom stereocenters. The van der Waals surface area contributed by atoms with Crippen LogP contribution in [0.5, 0.6) is 0 Å². The average Bonchev–Trinajstić information content (AvgIpc) is 3.31. The third-order valence-electron chi connectivity index (χ3n) is 6.10. The minimum absolute atomic E-state index is 0.143. The summed E-state index contributed by atoms with van der Waals surface area (Å²) in [6.45, 7) is 5.39. The number of aryl methyl sites for hydroxylation is 2. The molecule has 0 aliphatic carbocycles. The smallest absolute Gasteiger partial charge is 0.363 e. The zero-order valence-electron chi connectivity index (χ0n) is 19.1. The molecule has 0 saturated heterocycles. The fourth-order valence-electron chi connectivity index (χ4n) is 4.15. The number of H-pyrrole nitrogens is 1. The third-order valence-corrected chi connectivity index (χ3v) is 6.41. The molecule has 0 fully saturated rings. The lowest BCUT2D eigenvalue weighted by Crippen LogP contribution is -2.35. The van der Waals surface area contributed by atoms with E-state index in [1.165, 1.54) is 0 Å². The fourth-order valence-corrected chi connectivity index (χ4v) is 4.37. The van der Waals surface area contributed by atoms with Gasteiger partial charge in [0.1, 0.15) is 11.5 Å². The molecule has 0 radical (unpaired) electrons. The van der Waals surface area contributed by atoms with Crippen molar-refractivity contribution in [3.8, 4) is 11.5 Å². The molecule has 33 heavy (non-hydrogen) atoms. The first kappa shape index (κ1) is 23.5. The summed E-state index contributed by atoms with van der Waals surface area (Å²) in [6, 6.07) is 5.18. The summed E-state index contributed by atoms with van der Waals surface area (Å²) in [6.07, 6.45) is -3.76. The van der Waals surface area contributed by atoms with Gasteiger partial charge in [-0.1, -0.05) is 18.2 Å². The van der Waals surface area contributed by atoms with Gasteiger partial charge in [0.05, 0.1) is 6.04 Å². The molecule has 2 N–H and O–H groups in total. The molecule has 3 aromatic rings. The standard InChI is InChI=1S/C22H28F3N7S/c1-13-6-7-15(10-14(13)2)16-11-18(22(23,24)25)32-19(26-16)12-17(29-32)20-27-28-21(33)31(20)9-5-8-30(3)4/h6-7,10,12,16,18,26H,5,8-9,11H2,1-4H3,(H,28,33)/t16-,18-/m0/s1. The second kappa shape index (κ2) is 8.94. The van der Waals surface area contributed by atoms with Crippen LogP contribution >= 0.6 is 12.2 Å². The summed E-state index contributed by atoms with van der Waals surface area (Å²) in [5.41, 5.74) is 3.33. The molecule has 11 heteroatoms. The van der Waals surface area contributed by atoms with Crippen molar-refractivity contribution in [2.75, 3.05) is 26.0 Å². The van der Waals surface area contributed by atoms with Gasteiger partial charge in [0, 0.05) is 19.0 Å². The van der Waals surface area contributed by atoms with E-state index < -0.39 is 18.3 Å². The molecule has 2 aromatic heterocycles. The van der Waals surface area contributed by atoms with E-state index in [9.17, 15) is 13.2 Å². The van der Waals surface area contributed by atoms with Crippen molar-refractivity contribution >= 4 is 18.0 Å². The van der Waals surface area contributed by atoms with E-state index in [2.05, 4.69) is 25.5 Å². The summed E-state index contributed by atoms with van der Waals surface area (Å²) in [4.78, 5) is 2.06. The number of nitrogens with one attached hydrogen (secondary N) is 2. The highest BCUT2D eigenvalue weighted by atomic mass is 32.1. The number of halogens is 3. The largest absolute Gasteiger partial charge is 0.410 e. The van der Waals surface area contributed by atoms with Crippen LogP contribution in [0.25, 0.3) is 11.5 Å². The van der Waals surface area contributed by atoms with Crippen LogP contribution in [-0.4, -0.2) is 56.3 Å². The Morgan fingerprint density at radius 3 is 2.61 bits per heavy atom. The van der Waals surface area contributed by atoms with Crippen LogP contribution in [-0.2, 0) is 6.54 Å². The van der Waals surface area contributed by atoms with Gasteiger partial charge in [0.15, 0.2) is 16.6 Å². The quantitative estimate of drug-likeness (QED) is 0.486. The Morgan fingerprint density at radius 2 is 1.94 bits per heavy atom. The average molecular weight is 480 g/mol. The normalized spacial score (nSPS) is 18.4. The first-order valence-corrected chi connectivity index (χ1v) is 11.3. The molecule has 3 heterocycles. The van der Waals surface area contributed by atoms with Gasteiger partial charge in [0.2, 0.25) is 0 Å². The van der Waals surface area contributed by atoms with Crippen molar-refractivity contribution in [2.24, 2.45) is 0 Å². The zero-order valence-corrected chi connectivity index (χ0v) is 19.9. The van der Waals surface area contributed by atoms with Crippen molar-refractivity contribution in [3.05, 3.63) is 45.7 Å². The first-order valence-electron chi connectivity index (χ1n) is 10.8. The Balaban J connectivity index is 1.70. The fraction of sp³-hybridized carbons (Fsp3) is 0.500. The lowest BCUT2D eigenvalue weighted by Gasteiger charge is -2.33. The number of aromatic nitrogens is 5. The minimum atomic E-state index is -4.44. The number of anilines is 1. The summed E-state index contributed by atoms with van der Waals surface area (Å²) in [5, 5.41) is 14.6. The maximum absolute atomic E-state index is 14.1. The number of fused-ring (bicyclic) bond motifs is 1. The van der Waals surface area contributed by atoms with E-state index >= 15 is 0 Å². The van der Waals surface area contributed by atoms with E-state index in [1.807, 2.05) is 46.1 Å². The maximum atomic E-state index is 14.1. The molecular weight excluding hydrogens is 451 g/mol. The van der Waals surface area contributed by atoms with Crippen LogP contribution in [0.15, 0.2) is 24.3 Å². The summed E-state index contributed by atoms with van der Waals surface area (Å²) < 4.78 is 45.4. The highest BCUT2D eigenvalue weighted by Crippen LogP contribution is 2.44. The molecule has 4 rings (SSSR count). The van der Waals surface area contributed by atoms with Crippen molar-refractivity contribution in [1.29, 1.82) is 0 Å². The van der Waals surface area contributed by atoms with Gasteiger partial charge in [-0.05, 0) is 69.8 Å². The van der Waals surface area contributed by atoms with Gasteiger partial charge in [-0.15, -0.1) is 0 Å². The molecule has 0 amide bonds. The molecule has 2 atom stereocenters. The molecule has 7 nitrogen and oxygen atoms in total. The minimum Gasteiger partial charge on any atom is -0.363 e. The number of alkyl halides is 3. The van der Waals surface area contributed by atoms with E-state index in [-0.39, 0.29) is 6.42 Å². The van der Waals surface area contributed by atoms with Gasteiger partial charge in [-0.2, -0.15) is 23.4 Å². The molecule has 1 aromatic carbocycles. The predicted molar refractivity (Wildman–Crippen MR) is 124 cm³/mol. The van der Waals surface area contributed by atoms with Crippen LogP contribution in [0.1, 0.15) is 41.6 Å². The van der Waals surface area contributed by atoms with Gasteiger partial charge in [0.25, 0.3) is 0 Å². The third kappa shape index (κ3) is 4.84. The van der Waals surface area contributed by atoms with E-state index in [1.54, 1.807) is 10.6 Å². The first-order chi connectivity index (χ1) is 15.5. The van der Waals surface area contributed by atoms with E-state index in [0.29, 0.717) is 28.7 Å². The highest BCUT2D eigenvalue weighted by Gasteiger charge is 2.46. The van der Waals surface area contributed by atoms with Crippen molar-refractivity contribution < 1.29 is 13.2 Å². The molecule has 1 aliphatic rings. The molecule has 1 aliphatic heterocycles. The van der Waals surface area contributed by atoms with Crippen LogP contribution in [0, 0.1) is 18.6 Å². The number of rotatable bonds is 6. The summed E-state index contributed by atoms with van der Waals surface area (Å²) >= 11 is 5.35. The Bertz CT molecular complexity index is 1190. The lowest BCUT2D eigenvalue weighted by molar-refractivity contribution is -0.173. The van der Waals surface area contributed by atoms with Gasteiger partial charge in [-0.3, -0.25) is 9.67 Å². The number of aromatic amines is 1. The van der Waals surface area contributed by atoms with Gasteiger partial charge < -0.3 is 10.2 Å². The second-order valence-electron chi connectivity index (χ2n) is 8.85. The second-order valence-corrected chi connectivity index (χ2v) is 9.24. The van der Waals surface area contributed by atoms with Crippen molar-refractivity contribution in [2.45, 2.75) is 51.5 Å². The maximum Gasteiger partial charge on any atom is 0.410 e. The van der Waals surface area contributed by atoms with Crippen molar-refractivity contribution in [3.63, 3.8) is 0 Å². The monoisotopic (exact) mass is 479 g/mol.